The second-order valence-corrected chi connectivity index (χ2v) is 9.20. The lowest BCUT2D eigenvalue weighted by molar-refractivity contribution is -0.256. The van der Waals surface area contributed by atoms with Gasteiger partial charge in [0.25, 0.3) is 0 Å². The Labute approximate surface area is 188 Å². The van der Waals surface area contributed by atoms with E-state index >= 15 is 0 Å². The van der Waals surface area contributed by atoms with Crippen molar-refractivity contribution >= 4 is 0 Å². The second kappa shape index (κ2) is 12.5. The molecule has 1 unspecified atom stereocenters. The van der Waals surface area contributed by atoms with Crippen LogP contribution in [-0.2, 0) is 23.7 Å². The first-order valence-corrected chi connectivity index (χ1v) is 11.6. The van der Waals surface area contributed by atoms with Gasteiger partial charge in [0.05, 0.1) is 18.3 Å². The Kier molecular flexibility index (Phi) is 10.7. The Morgan fingerprint density at radius 1 is 1.03 bits per heavy atom. The number of aliphatic hydroxyl groups excluding tert-OH is 1. The third kappa shape index (κ3) is 6.62. The van der Waals surface area contributed by atoms with Crippen LogP contribution in [0, 0.1) is 23.7 Å². The Morgan fingerprint density at radius 2 is 1.71 bits per heavy atom. The van der Waals surface area contributed by atoms with Gasteiger partial charge in [-0.2, -0.15) is 0 Å². The average molecular weight is 441 g/mol. The predicted molar refractivity (Wildman–Crippen MR) is 122 cm³/mol. The summed E-state index contributed by atoms with van der Waals surface area (Å²) in [5, 5.41) is 10.8. The van der Waals surface area contributed by atoms with Crippen LogP contribution in [0.3, 0.4) is 0 Å². The van der Waals surface area contributed by atoms with Crippen molar-refractivity contribution < 1.29 is 28.8 Å². The van der Waals surface area contributed by atoms with Crippen LogP contribution in [0.5, 0.6) is 0 Å². The largest absolute Gasteiger partial charge is 0.392 e. The van der Waals surface area contributed by atoms with E-state index in [2.05, 4.69) is 26.8 Å². The van der Waals surface area contributed by atoms with Gasteiger partial charge in [-0.1, -0.05) is 39.0 Å². The molecule has 0 bridgehead atoms. The van der Waals surface area contributed by atoms with Crippen molar-refractivity contribution in [2.75, 3.05) is 28.4 Å². The zero-order chi connectivity index (χ0) is 23.1. The topological polar surface area (TPSA) is 66.4 Å². The Balaban J connectivity index is 1.93. The summed E-state index contributed by atoms with van der Waals surface area (Å²) in [6, 6.07) is 0. The van der Waals surface area contributed by atoms with Gasteiger partial charge in [0, 0.05) is 40.8 Å². The summed E-state index contributed by atoms with van der Waals surface area (Å²) in [6.07, 6.45) is 8.05. The molecule has 1 heterocycles. The van der Waals surface area contributed by atoms with Gasteiger partial charge in [-0.15, -0.1) is 0 Å². The molecule has 1 N–H and O–H groups in total. The number of hydrogen-bond acceptors (Lipinski definition) is 6. The Hall–Kier alpha value is -0.760. The highest BCUT2D eigenvalue weighted by Crippen LogP contribution is 2.49. The predicted octanol–water partition coefficient (Wildman–Crippen LogP) is 3.97. The van der Waals surface area contributed by atoms with E-state index < -0.39 is 6.29 Å². The fourth-order valence-corrected chi connectivity index (χ4v) is 5.06. The quantitative estimate of drug-likeness (QED) is 0.463. The lowest BCUT2D eigenvalue weighted by Crippen LogP contribution is -2.49. The molecule has 31 heavy (non-hydrogen) atoms. The van der Waals surface area contributed by atoms with Crippen molar-refractivity contribution in [2.24, 2.45) is 23.7 Å². The zero-order valence-electron chi connectivity index (χ0n) is 20.6. The van der Waals surface area contributed by atoms with Crippen molar-refractivity contribution in [2.45, 2.75) is 83.8 Å². The lowest BCUT2D eigenvalue weighted by atomic mass is 9.91. The second-order valence-electron chi connectivity index (χ2n) is 9.20. The third-order valence-electron chi connectivity index (χ3n) is 7.28. The molecule has 1 saturated heterocycles. The van der Waals surface area contributed by atoms with Gasteiger partial charge in [-0.25, -0.2) is 0 Å². The van der Waals surface area contributed by atoms with E-state index in [1.807, 2.05) is 19.1 Å². The van der Waals surface area contributed by atoms with Gasteiger partial charge in [0.2, 0.25) is 0 Å². The van der Waals surface area contributed by atoms with Gasteiger partial charge in [0.1, 0.15) is 12.2 Å². The van der Waals surface area contributed by atoms with Gasteiger partial charge >= 0.3 is 0 Å². The van der Waals surface area contributed by atoms with Crippen molar-refractivity contribution in [3.05, 3.63) is 23.8 Å². The molecule has 6 heteroatoms. The molecule has 0 spiro atoms. The number of aliphatic hydroxyl groups is 1. The number of ether oxygens (including phenoxy) is 5. The average Bonchev–Trinajstić information content (AvgIpc) is 3.58. The van der Waals surface area contributed by atoms with Crippen LogP contribution in [0.4, 0.5) is 0 Å². The molecule has 2 aliphatic rings. The molecule has 0 aromatic heterocycles. The van der Waals surface area contributed by atoms with Crippen molar-refractivity contribution in [1.29, 1.82) is 0 Å². The van der Waals surface area contributed by atoms with Crippen molar-refractivity contribution in [3.8, 4) is 0 Å². The summed E-state index contributed by atoms with van der Waals surface area (Å²) >= 11 is 0. The maximum Gasteiger partial charge on any atom is 0.184 e. The van der Waals surface area contributed by atoms with E-state index in [9.17, 15) is 5.11 Å². The molecule has 180 valence electrons. The molecule has 0 aromatic rings. The van der Waals surface area contributed by atoms with E-state index in [4.69, 9.17) is 23.7 Å². The first kappa shape index (κ1) is 26.5. The van der Waals surface area contributed by atoms with Crippen LogP contribution >= 0.6 is 0 Å². The highest BCUT2D eigenvalue weighted by molar-refractivity contribution is 5.18. The fourth-order valence-electron chi connectivity index (χ4n) is 5.06. The number of allylic oxidation sites excluding steroid dienone is 2. The van der Waals surface area contributed by atoms with Gasteiger partial charge in [-0.3, -0.25) is 0 Å². The summed E-state index contributed by atoms with van der Waals surface area (Å²) < 4.78 is 28.3. The summed E-state index contributed by atoms with van der Waals surface area (Å²) in [4.78, 5) is 0. The van der Waals surface area contributed by atoms with E-state index in [1.165, 1.54) is 0 Å². The normalized spacial score (nSPS) is 35.7. The van der Waals surface area contributed by atoms with Gasteiger partial charge in [0.15, 0.2) is 6.29 Å². The van der Waals surface area contributed by atoms with E-state index in [0.29, 0.717) is 24.2 Å². The summed E-state index contributed by atoms with van der Waals surface area (Å²) in [5.74, 6) is 1.47. The van der Waals surface area contributed by atoms with E-state index in [-0.39, 0.29) is 36.4 Å². The molecular formula is C25H44O6. The summed E-state index contributed by atoms with van der Waals surface area (Å²) in [6.45, 7) is 8.53. The molecule has 2 fully saturated rings. The van der Waals surface area contributed by atoms with Crippen molar-refractivity contribution in [1.82, 2.24) is 0 Å². The van der Waals surface area contributed by atoms with Crippen LogP contribution in [0.15, 0.2) is 23.8 Å². The molecule has 1 aliphatic heterocycles. The molecule has 10 atom stereocenters. The maximum atomic E-state index is 10.8. The Morgan fingerprint density at radius 3 is 2.26 bits per heavy atom. The first-order chi connectivity index (χ1) is 14.8. The maximum absolute atomic E-state index is 10.8. The third-order valence-corrected chi connectivity index (χ3v) is 7.28. The standard InChI is InChI=1S/C25H44O6/c1-9-20(27-5)17(4)18-13-19(18)23(26)15(2)11-10-12-16(3)24-21(28-6)14-22(29-7)25(30-8)31-24/h10-12,15,17-26H,9,13-14H2,1-8H3/b11-10+,16-12+/t15-,17-,18+,19?,20-,21-,22+,23+,24-,25+/m0/s1. The highest BCUT2D eigenvalue weighted by atomic mass is 16.7. The van der Waals surface area contributed by atoms with Gasteiger partial charge in [-0.05, 0) is 43.1 Å². The monoisotopic (exact) mass is 440 g/mol. The molecule has 6 nitrogen and oxygen atoms in total. The van der Waals surface area contributed by atoms with Gasteiger partial charge < -0.3 is 28.8 Å². The number of methoxy groups -OCH3 is 4. The van der Waals surface area contributed by atoms with Crippen LogP contribution < -0.4 is 0 Å². The smallest absolute Gasteiger partial charge is 0.184 e. The van der Waals surface area contributed by atoms with E-state index in [0.717, 1.165) is 18.4 Å². The Bertz CT molecular complexity index is 587. The molecule has 2 rings (SSSR count). The lowest BCUT2D eigenvalue weighted by Gasteiger charge is -2.39. The molecule has 0 aromatic carbocycles. The van der Waals surface area contributed by atoms with Crippen LogP contribution in [0.25, 0.3) is 0 Å². The molecule has 0 amide bonds. The molecular weight excluding hydrogens is 396 g/mol. The minimum atomic E-state index is -0.415. The fraction of sp³-hybridized carbons (Fsp3) is 0.840. The van der Waals surface area contributed by atoms with Crippen molar-refractivity contribution in [3.63, 3.8) is 0 Å². The first-order valence-electron chi connectivity index (χ1n) is 11.6. The van der Waals surface area contributed by atoms with Crippen LogP contribution in [0.1, 0.15) is 47.0 Å². The minimum absolute atomic E-state index is 0.0870. The van der Waals surface area contributed by atoms with E-state index in [1.54, 1.807) is 28.4 Å². The number of rotatable bonds is 12. The van der Waals surface area contributed by atoms with Crippen LogP contribution in [0.2, 0.25) is 0 Å². The zero-order valence-corrected chi connectivity index (χ0v) is 20.6. The minimum Gasteiger partial charge on any atom is -0.392 e. The highest BCUT2D eigenvalue weighted by Gasteiger charge is 2.48. The molecule has 1 aliphatic carbocycles. The molecule has 0 radical (unpaired) electrons. The summed E-state index contributed by atoms with van der Waals surface area (Å²) in [7, 11) is 6.77. The molecule has 1 saturated carbocycles. The summed E-state index contributed by atoms with van der Waals surface area (Å²) in [5.41, 5.74) is 1.06. The number of hydrogen-bond donors (Lipinski definition) is 1. The van der Waals surface area contributed by atoms with Crippen LogP contribution in [-0.4, -0.2) is 70.4 Å². The SMILES string of the molecule is CC[C@H](OC)[C@@H](C)[C@H]1CC1[C@H](O)[C@@H](C)/C=C/C=C(\C)[C@@H]1O[C@@H](OC)[C@H](OC)C[C@@H]1OC.